The van der Waals surface area contributed by atoms with Crippen molar-refractivity contribution in [3.8, 4) is 16.5 Å². The van der Waals surface area contributed by atoms with Crippen LogP contribution in [0.15, 0.2) is 28.4 Å². The summed E-state index contributed by atoms with van der Waals surface area (Å²) in [5.41, 5.74) is 2.19. The van der Waals surface area contributed by atoms with Crippen LogP contribution in [0.4, 0.5) is 5.82 Å². The SMILES string of the molecule is CC(=O)Nc1cc(-c2cccs2)nn1-c1nc2c(c(=O)[nH]1)CCCC2. The summed E-state index contributed by atoms with van der Waals surface area (Å²) in [5.74, 6) is 0.603. The molecule has 0 spiro atoms. The summed E-state index contributed by atoms with van der Waals surface area (Å²) >= 11 is 1.56. The zero-order valence-corrected chi connectivity index (χ0v) is 14.5. The third-order valence-corrected chi connectivity index (χ3v) is 5.06. The number of carbonyl (C=O) groups excluding carboxylic acids is 1. The number of hydrogen-bond donors (Lipinski definition) is 2. The Bertz CT molecular complexity index is 987. The first-order valence-electron chi connectivity index (χ1n) is 8.16. The molecule has 0 bridgehead atoms. The van der Waals surface area contributed by atoms with E-state index < -0.39 is 0 Å². The molecule has 0 aromatic carbocycles. The first-order chi connectivity index (χ1) is 12.1. The van der Waals surface area contributed by atoms with Crippen LogP contribution in [-0.4, -0.2) is 25.7 Å². The zero-order valence-electron chi connectivity index (χ0n) is 13.7. The molecule has 0 unspecified atom stereocenters. The number of anilines is 1. The van der Waals surface area contributed by atoms with Crippen LogP contribution in [-0.2, 0) is 17.6 Å². The Balaban J connectivity index is 1.85. The molecule has 0 saturated carbocycles. The predicted molar refractivity (Wildman–Crippen MR) is 96.2 cm³/mol. The fourth-order valence-electron chi connectivity index (χ4n) is 3.05. The number of fused-ring (bicyclic) bond motifs is 1. The lowest BCUT2D eigenvalue weighted by atomic mass is 9.97. The Morgan fingerprint density at radius 2 is 2.20 bits per heavy atom. The Labute approximate surface area is 147 Å². The minimum absolute atomic E-state index is 0.123. The first-order valence-corrected chi connectivity index (χ1v) is 9.04. The average molecular weight is 355 g/mol. The lowest BCUT2D eigenvalue weighted by molar-refractivity contribution is -0.114. The third kappa shape index (κ3) is 3.00. The topological polar surface area (TPSA) is 92.7 Å². The van der Waals surface area contributed by atoms with Gasteiger partial charge in [0.05, 0.1) is 10.6 Å². The second-order valence-corrected chi connectivity index (χ2v) is 6.95. The number of aromatic amines is 1. The van der Waals surface area contributed by atoms with Gasteiger partial charge in [0.1, 0.15) is 11.5 Å². The van der Waals surface area contributed by atoms with E-state index in [4.69, 9.17) is 0 Å². The minimum atomic E-state index is -0.209. The number of aryl methyl sites for hydroxylation is 1. The van der Waals surface area contributed by atoms with Gasteiger partial charge < -0.3 is 5.32 Å². The Hall–Kier alpha value is -2.74. The molecule has 0 aliphatic heterocycles. The molecule has 3 aromatic rings. The molecule has 4 rings (SSSR count). The van der Waals surface area contributed by atoms with Crippen molar-refractivity contribution in [1.29, 1.82) is 0 Å². The van der Waals surface area contributed by atoms with Gasteiger partial charge in [-0.15, -0.1) is 11.3 Å². The van der Waals surface area contributed by atoms with E-state index in [9.17, 15) is 9.59 Å². The highest BCUT2D eigenvalue weighted by molar-refractivity contribution is 7.13. The van der Waals surface area contributed by atoms with Crippen LogP contribution < -0.4 is 10.9 Å². The maximum Gasteiger partial charge on any atom is 0.255 e. The molecule has 0 atom stereocenters. The fraction of sp³-hybridized carbons (Fsp3) is 0.294. The largest absolute Gasteiger partial charge is 0.311 e. The van der Waals surface area contributed by atoms with E-state index in [1.165, 1.54) is 11.6 Å². The molecule has 3 aromatic heterocycles. The maximum absolute atomic E-state index is 12.4. The van der Waals surface area contributed by atoms with Gasteiger partial charge in [-0.3, -0.25) is 14.6 Å². The van der Waals surface area contributed by atoms with Gasteiger partial charge in [0, 0.05) is 18.6 Å². The van der Waals surface area contributed by atoms with Gasteiger partial charge in [-0.1, -0.05) is 6.07 Å². The number of thiophene rings is 1. The van der Waals surface area contributed by atoms with Crippen molar-refractivity contribution in [2.45, 2.75) is 32.6 Å². The van der Waals surface area contributed by atoms with Crippen LogP contribution in [0.2, 0.25) is 0 Å². The summed E-state index contributed by atoms with van der Waals surface area (Å²) in [6.45, 7) is 1.44. The molecule has 1 aliphatic carbocycles. The number of rotatable bonds is 3. The molecule has 3 heterocycles. The number of amides is 1. The second-order valence-electron chi connectivity index (χ2n) is 6.01. The van der Waals surface area contributed by atoms with Crippen LogP contribution >= 0.6 is 11.3 Å². The molecule has 1 aliphatic rings. The van der Waals surface area contributed by atoms with Gasteiger partial charge in [-0.05, 0) is 37.1 Å². The summed E-state index contributed by atoms with van der Waals surface area (Å²) in [6.07, 6.45) is 3.59. The normalized spacial score (nSPS) is 13.5. The Morgan fingerprint density at radius 3 is 2.96 bits per heavy atom. The number of nitrogens with one attached hydrogen (secondary N) is 2. The number of aromatic nitrogens is 4. The highest BCUT2D eigenvalue weighted by Gasteiger charge is 2.19. The number of nitrogens with zero attached hydrogens (tertiary/aromatic N) is 3. The molecule has 25 heavy (non-hydrogen) atoms. The molecule has 0 fully saturated rings. The molecule has 2 N–H and O–H groups in total. The van der Waals surface area contributed by atoms with Crippen molar-refractivity contribution in [3.63, 3.8) is 0 Å². The van der Waals surface area contributed by atoms with Crippen LogP contribution in [0.5, 0.6) is 0 Å². The van der Waals surface area contributed by atoms with Crippen molar-refractivity contribution < 1.29 is 4.79 Å². The van der Waals surface area contributed by atoms with Crippen molar-refractivity contribution in [2.24, 2.45) is 0 Å². The summed E-state index contributed by atoms with van der Waals surface area (Å²) in [4.78, 5) is 32.3. The van der Waals surface area contributed by atoms with Crippen molar-refractivity contribution in [3.05, 3.63) is 45.2 Å². The van der Waals surface area contributed by atoms with E-state index in [1.54, 1.807) is 17.4 Å². The lowest BCUT2D eigenvalue weighted by Gasteiger charge is -2.15. The van der Waals surface area contributed by atoms with Gasteiger partial charge in [0.25, 0.3) is 5.56 Å². The van der Waals surface area contributed by atoms with Crippen molar-refractivity contribution >= 4 is 23.1 Å². The van der Waals surface area contributed by atoms with Crippen LogP contribution in [0.25, 0.3) is 16.5 Å². The summed E-state index contributed by atoms with van der Waals surface area (Å²) in [6, 6.07) is 5.68. The predicted octanol–water partition coefficient (Wildman–Crippen LogP) is 2.52. The number of carbonyl (C=O) groups is 1. The molecular formula is C17H17N5O2S. The fourth-order valence-corrected chi connectivity index (χ4v) is 3.73. The van der Waals surface area contributed by atoms with Gasteiger partial charge in [0.2, 0.25) is 11.9 Å². The molecule has 0 saturated heterocycles. The maximum atomic E-state index is 12.4. The quantitative estimate of drug-likeness (QED) is 0.755. The minimum Gasteiger partial charge on any atom is -0.311 e. The molecule has 8 heteroatoms. The van der Waals surface area contributed by atoms with Crippen molar-refractivity contribution in [2.75, 3.05) is 5.32 Å². The van der Waals surface area contributed by atoms with Crippen molar-refractivity contribution in [1.82, 2.24) is 19.7 Å². The molecular weight excluding hydrogens is 338 g/mol. The second kappa shape index (κ2) is 6.29. The number of H-pyrrole nitrogens is 1. The van der Waals surface area contributed by atoms with Crippen LogP contribution in [0, 0.1) is 0 Å². The average Bonchev–Trinajstić information content (AvgIpc) is 3.24. The molecule has 0 radical (unpaired) electrons. The molecule has 7 nitrogen and oxygen atoms in total. The Kier molecular flexibility index (Phi) is 3.96. The number of hydrogen-bond acceptors (Lipinski definition) is 5. The lowest BCUT2D eigenvalue weighted by Crippen LogP contribution is -2.24. The van der Waals surface area contributed by atoms with Gasteiger partial charge in [0.15, 0.2) is 0 Å². The van der Waals surface area contributed by atoms with Gasteiger partial charge in [-0.2, -0.15) is 9.78 Å². The van der Waals surface area contributed by atoms with E-state index in [-0.39, 0.29) is 11.5 Å². The summed E-state index contributed by atoms with van der Waals surface area (Å²) in [7, 11) is 0. The van der Waals surface area contributed by atoms with E-state index in [0.29, 0.717) is 11.8 Å². The van der Waals surface area contributed by atoms with Gasteiger partial charge >= 0.3 is 0 Å². The highest BCUT2D eigenvalue weighted by atomic mass is 32.1. The standard InChI is InChI=1S/C17H17N5O2S/c1-10(23)18-15-9-13(14-7-4-8-25-14)21-22(15)17-19-12-6-3-2-5-11(12)16(24)20-17/h4,7-9H,2-3,5-6H2,1H3,(H,18,23)(H,19,20,24). The van der Waals surface area contributed by atoms with E-state index >= 15 is 0 Å². The monoisotopic (exact) mass is 355 g/mol. The first kappa shape index (κ1) is 15.8. The zero-order chi connectivity index (χ0) is 17.4. The molecule has 128 valence electrons. The summed E-state index contributed by atoms with van der Waals surface area (Å²) in [5, 5.41) is 9.27. The smallest absolute Gasteiger partial charge is 0.255 e. The highest BCUT2D eigenvalue weighted by Crippen LogP contribution is 2.27. The third-order valence-electron chi connectivity index (χ3n) is 4.17. The van der Waals surface area contributed by atoms with Gasteiger partial charge in [-0.25, -0.2) is 4.98 Å². The van der Waals surface area contributed by atoms with E-state index in [0.717, 1.165) is 47.5 Å². The van der Waals surface area contributed by atoms with E-state index in [1.807, 2.05) is 17.5 Å². The van der Waals surface area contributed by atoms with E-state index in [2.05, 4.69) is 20.4 Å². The van der Waals surface area contributed by atoms with Crippen LogP contribution in [0.3, 0.4) is 0 Å². The summed E-state index contributed by atoms with van der Waals surface area (Å²) < 4.78 is 1.49. The van der Waals surface area contributed by atoms with Crippen LogP contribution in [0.1, 0.15) is 31.0 Å². The molecule has 1 amide bonds. The Morgan fingerprint density at radius 1 is 1.36 bits per heavy atom.